The summed E-state index contributed by atoms with van der Waals surface area (Å²) in [6.07, 6.45) is -0.801. The number of carbonyl (C=O) groups is 2. The lowest BCUT2D eigenvalue weighted by molar-refractivity contribution is -0.140. The van der Waals surface area contributed by atoms with Gasteiger partial charge < -0.3 is 15.1 Å². The zero-order chi connectivity index (χ0) is 21.3. The molecular formula is C24H27NO4. The Morgan fingerprint density at radius 1 is 1.00 bits per heavy atom. The molecule has 29 heavy (non-hydrogen) atoms. The molecule has 2 aromatic carbocycles. The highest BCUT2D eigenvalue weighted by atomic mass is 16.3. The first-order valence-corrected chi connectivity index (χ1v) is 9.84. The number of Topliss-reactive ketones (excluding diaryl/α,β-unsaturated/α-hetero) is 1. The molecule has 5 heteroatoms. The van der Waals surface area contributed by atoms with Crippen molar-refractivity contribution in [1.29, 1.82) is 0 Å². The van der Waals surface area contributed by atoms with Crippen LogP contribution in [0.3, 0.4) is 0 Å². The van der Waals surface area contributed by atoms with Crippen molar-refractivity contribution in [3.63, 3.8) is 0 Å². The van der Waals surface area contributed by atoms with Crippen LogP contribution in [0, 0.1) is 6.92 Å². The number of rotatable bonds is 5. The summed E-state index contributed by atoms with van der Waals surface area (Å²) in [5.74, 6) is -1.30. The lowest BCUT2D eigenvalue weighted by Crippen LogP contribution is -2.35. The Morgan fingerprint density at radius 2 is 1.59 bits per heavy atom. The third kappa shape index (κ3) is 4.10. The lowest BCUT2D eigenvalue weighted by atomic mass is 9.93. The van der Waals surface area contributed by atoms with Crippen molar-refractivity contribution in [2.24, 2.45) is 0 Å². The van der Waals surface area contributed by atoms with E-state index in [1.165, 1.54) is 4.90 Å². The second-order valence-corrected chi connectivity index (χ2v) is 7.99. The minimum Gasteiger partial charge on any atom is -0.507 e. The van der Waals surface area contributed by atoms with Crippen LogP contribution in [-0.4, -0.2) is 39.5 Å². The summed E-state index contributed by atoms with van der Waals surface area (Å²) >= 11 is 0. The minimum atomic E-state index is -0.801. The van der Waals surface area contributed by atoms with Crippen molar-refractivity contribution in [2.75, 3.05) is 6.54 Å². The number of nitrogens with zero attached hydrogens (tertiary/aromatic N) is 1. The number of hydrogen-bond acceptors (Lipinski definition) is 4. The van der Waals surface area contributed by atoms with Crippen LogP contribution in [0.1, 0.15) is 55.0 Å². The Hall–Kier alpha value is -2.92. The molecule has 2 unspecified atom stereocenters. The quantitative estimate of drug-likeness (QED) is 0.458. The molecule has 1 heterocycles. The minimum absolute atomic E-state index is 0.00580. The maximum atomic E-state index is 12.8. The molecule has 0 radical (unpaired) electrons. The summed E-state index contributed by atoms with van der Waals surface area (Å²) < 4.78 is 0. The van der Waals surface area contributed by atoms with Crippen LogP contribution in [0.15, 0.2) is 54.1 Å². The van der Waals surface area contributed by atoms with E-state index >= 15 is 0 Å². The number of ketones is 1. The molecule has 152 valence electrons. The third-order valence-corrected chi connectivity index (χ3v) is 5.24. The molecule has 1 fully saturated rings. The Bertz CT molecular complexity index is 940. The summed E-state index contributed by atoms with van der Waals surface area (Å²) in [4.78, 5) is 26.9. The lowest BCUT2D eigenvalue weighted by Gasteiger charge is -2.26. The zero-order valence-corrected chi connectivity index (χ0v) is 17.2. The van der Waals surface area contributed by atoms with Gasteiger partial charge in [-0.25, -0.2) is 0 Å². The van der Waals surface area contributed by atoms with Crippen molar-refractivity contribution in [1.82, 2.24) is 4.90 Å². The highest BCUT2D eigenvalue weighted by molar-refractivity contribution is 6.46. The molecule has 2 N–H and O–H groups in total. The number of aliphatic hydroxyl groups is 2. The molecule has 3 rings (SSSR count). The predicted octanol–water partition coefficient (Wildman–Crippen LogP) is 3.92. The van der Waals surface area contributed by atoms with Crippen molar-refractivity contribution in [2.45, 2.75) is 45.8 Å². The van der Waals surface area contributed by atoms with E-state index in [0.29, 0.717) is 11.5 Å². The first-order valence-electron chi connectivity index (χ1n) is 9.84. The van der Waals surface area contributed by atoms with Crippen LogP contribution in [0.4, 0.5) is 0 Å². The highest BCUT2D eigenvalue weighted by Gasteiger charge is 2.46. The van der Waals surface area contributed by atoms with Gasteiger partial charge in [0, 0.05) is 12.1 Å². The van der Waals surface area contributed by atoms with Gasteiger partial charge in [-0.05, 0) is 30.9 Å². The van der Waals surface area contributed by atoms with Gasteiger partial charge in [0.15, 0.2) is 0 Å². The highest BCUT2D eigenvalue weighted by Crippen LogP contribution is 2.39. The van der Waals surface area contributed by atoms with E-state index in [1.54, 1.807) is 19.1 Å². The van der Waals surface area contributed by atoms with Gasteiger partial charge in [0.1, 0.15) is 5.76 Å². The van der Waals surface area contributed by atoms with E-state index in [1.807, 2.05) is 43.3 Å². The fourth-order valence-electron chi connectivity index (χ4n) is 3.63. The van der Waals surface area contributed by atoms with Gasteiger partial charge in [-0.2, -0.15) is 0 Å². The third-order valence-electron chi connectivity index (χ3n) is 5.24. The Balaban J connectivity index is 2.15. The van der Waals surface area contributed by atoms with Gasteiger partial charge in [-0.3, -0.25) is 9.59 Å². The van der Waals surface area contributed by atoms with Gasteiger partial charge in [0.25, 0.3) is 11.7 Å². The molecule has 2 aromatic rings. The average molecular weight is 393 g/mol. The fourth-order valence-corrected chi connectivity index (χ4v) is 3.63. The average Bonchev–Trinajstić information content (AvgIpc) is 2.92. The maximum absolute atomic E-state index is 12.8. The number of β-amino-alcohol motifs (C(OH)–C–C–N with tert-alkyl or cyclic N) is 1. The summed E-state index contributed by atoms with van der Waals surface area (Å²) in [6.45, 7) is 7.68. The molecule has 1 amide bonds. The topological polar surface area (TPSA) is 77.8 Å². The predicted molar refractivity (Wildman–Crippen MR) is 112 cm³/mol. The van der Waals surface area contributed by atoms with Gasteiger partial charge >= 0.3 is 0 Å². The molecule has 0 saturated carbocycles. The number of carbonyl (C=O) groups excluding carboxylic acids is 2. The largest absolute Gasteiger partial charge is 0.507 e. The SMILES string of the molecule is Cc1ccc(C(O)=C2C(=O)C(=O)N(CC(C)O)C2c2ccc(C(C)C)cc2)cc1. The molecule has 2 atom stereocenters. The monoisotopic (exact) mass is 393 g/mol. The van der Waals surface area contributed by atoms with Gasteiger partial charge in [0.2, 0.25) is 0 Å². The Kier molecular flexibility index (Phi) is 5.89. The van der Waals surface area contributed by atoms with Crippen LogP contribution in [0.5, 0.6) is 0 Å². The summed E-state index contributed by atoms with van der Waals surface area (Å²) in [7, 11) is 0. The van der Waals surface area contributed by atoms with Crippen molar-refractivity contribution < 1.29 is 19.8 Å². The van der Waals surface area contributed by atoms with Crippen LogP contribution in [-0.2, 0) is 9.59 Å². The molecule has 1 aliphatic heterocycles. The molecule has 0 bridgehead atoms. The van der Waals surface area contributed by atoms with Gasteiger partial charge in [-0.1, -0.05) is 67.9 Å². The number of amides is 1. The van der Waals surface area contributed by atoms with E-state index in [0.717, 1.165) is 16.7 Å². The molecule has 0 aliphatic carbocycles. The van der Waals surface area contributed by atoms with Crippen molar-refractivity contribution in [3.8, 4) is 0 Å². The van der Waals surface area contributed by atoms with Crippen LogP contribution in [0.25, 0.3) is 5.76 Å². The molecular weight excluding hydrogens is 366 g/mol. The second kappa shape index (κ2) is 8.21. The van der Waals surface area contributed by atoms with Crippen LogP contribution >= 0.6 is 0 Å². The molecule has 1 saturated heterocycles. The number of benzene rings is 2. The summed E-state index contributed by atoms with van der Waals surface area (Å²) in [5.41, 5.74) is 3.42. The first-order chi connectivity index (χ1) is 13.7. The van der Waals surface area contributed by atoms with E-state index in [2.05, 4.69) is 13.8 Å². The smallest absolute Gasteiger partial charge is 0.295 e. The molecule has 0 spiro atoms. The Morgan fingerprint density at radius 3 is 2.10 bits per heavy atom. The van der Waals surface area contributed by atoms with Crippen molar-refractivity contribution in [3.05, 3.63) is 76.4 Å². The molecule has 0 aromatic heterocycles. The van der Waals surface area contributed by atoms with E-state index < -0.39 is 23.8 Å². The standard InChI is InChI=1S/C24H27NO4/c1-14(2)17-9-11-18(12-10-17)21-20(22(27)19-7-5-15(3)6-8-19)23(28)24(29)25(21)13-16(4)26/h5-12,14,16,21,26-27H,13H2,1-4H3. The zero-order valence-electron chi connectivity index (χ0n) is 17.2. The van der Waals surface area contributed by atoms with Gasteiger partial charge in [0.05, 0.1) is 17.7 Å². The van der Waals surface area contributed by atoms with Crippen LogP contribution in [0.2, 0.25) is 0 Å². The summed E-state index contributed by atoms with van der Waals surface area (Å²) in [5, 5.41) is 20.8. The summed E-state index contributed by atoms with van der Waals surface area (Å²) in [6, 6.07) is 14.1. The number of aryl methyl sites for hydroxylation is 1. The fraction of sp³-hybridized carbons (Fsp3) is 0.333. The second-order valence-electron chi connectivity index (χ2n) is 7.99. The van der Waals surface area contributed by atoms with Crippen molar-refractivity contribution >= 4 is 17.4 Å². The normalized spacial score (nSPS) is 19.8. The first kappa shape index (κ1) is 20.8. The Labute approximate surface area is 171 Å². The van der Waals surface area contributed by atoms with E-state index in [9.17, 15) is 19.8 Å². The molecule has 5 nitrogen and oxygen atoms in total. The molecule has 1 aliphatic rings. The van der Waals surface area contributed by atoms with Crippen LogP contribution < -0.4 is 0 Å². The number of likely N-dealkylation sites (tertiary alicyclic amines) is 1. The number of aliphatic hydroxyl groups excluding tert-OH is 2. The number of hydrogen-bond donors (Lipinski definition) is 2. The van der Waals surface area contributed by atoms with Gasteiger partial charge in [-0.15, -0.1) is 0 Å². The van der Waals surface area contributed by atoms with E-state index in [-0.39, 0.29) is 17.9 Å². The van der Waals surface area contributed by atoms with E-state index in [4.69, 9.17) is 0 Å². The maximum Gasteiger partial charge on any atom is 0.295 e.